The molecule has 0 saturated carbocycles. The van der Waals surface area contributed by atoms with Gasteiger partial charge in [0.15, 0.2) is 11.5 Å². The maximum atomic E-state index is 12.6. The van der Waals surface area contributed by atoms with Crippen LogP contribution in [0.4, 0.5) is 5.69 Å². The molecule has 2 aromatic rings. The minimum atomic E-state index is -0.196. The second kappa shape index (κ2) is 8.90. The van der Waals surface area contributed by atoms with Gasteiger partial charge in [0.2, 0.25) is 0 Å². The minimum Gasteiger partial charge on any atom is -0.493 e. The normalized spacial score (nSPS) is 11.7. The lowest BCUT2D eigenvalue weighted by Gasteiger charge is -2.14. The molecule has 2 aromatic carbocycles. The predicted molar refractivity (Wildman–Crippen MR) is 105 cm³/mol. The first-order valence-corrected chi connectivity index (χ1v) is 9.21. The molecule has 5 heteroatoms. The molecule has 0 aliphatic rings. The highest BCUT2D eigenvalue weighted by molar-refractivity contribution is 9.10. The summed E-state index contributed by atoms with van der Waals surface area (Å²) in [6.45, 7) is 6.77. The second-order valence-electron chi connectivity index (χ2n) is 5.81. The van der Waals surface area contributed by atoms with Crippen LogP contribution in [0.3, 0.4) is 0 Å². The van der Waals surface area contributed by atoms with Crippen LogP contribution in [0, 0.1) is 0 Å². The number of anilines is 1. The zero-order valence-corrected chi connectivity index (χ0v) is 16.6. The van der Waals surface area contributed by atoms with Crippen LogP contribution in [-0.2, 0) is 0 Å². The fourth-order valence-corrected chi connectivity index (χ4v) is 3.03. The third kappa shape index (κ3) is 4.75. The number of hydrogen-bond donors (Lipinski definition) is 1. The summed E-state index contributed by atoms with van der Waals surface area (Å²) in [4.78, 5) is 12.6. The summed E-state index contributed by atoms with van der Waals surface area (Å²) in [5.74, 6) is 1.43. The molecule has 0 bridgehead atoms. The van der Waals surface area contributed by atoms with Gasteiger partial charge in [0.05, 0.1) is 18.2 Å². The van der Waals surface area contributed by atoms with Crippen LogP contribution < -0.4 is 14.8 Å². The summed E-state index contributed by atoms with van der Waals surface area (Å²) < 4.78 is 11.6. The van der Waals surface area contributed by atoms with Gasteiger partial charge < -0.3 is 14.8 Å². The number of benzene rings is 2. The Hall–Kier alpha value is -2.01. The average Bonchev–Trinajstić information content (AvgIpc) is 2.63. The Labute approximate surface area is 157 Å². The van der Waals surface area contributed by atoms with Crippen molar-refractivity contribution >= 4 is 27.5 Å². The van der Waals surface area contributed by atoms with Crippen molar-refractivity contribution in [3.63, 3.8) is 0 Å². The molecule has 0 spiro atoms. The maximum absolute atomic E-state index is 12.6. The van der Waals surface area contributed by atoms with Gasteiger partial charge in [0.25, 0.3) is 5.91 Å². The average molecular weight is 406 g/mol. The van der Waals surface area contributed by atoms with Crippen molar-refractivity contribution in [2.75, 3.05) is 19.0 Å². The van der Waals surface area contributed by atoms with Crippen molar-refractivity contribution < 1.29 is 14.3 Å². The number of carbonyl (C=O) groups is 1. The molecule has 0 unspecified atom stereocenters. The molecule has 4 nitrogen and oxygen atoms in total. The van der Waals surface area contributed by atoms with Crippen molar-refractivity contribution in [3.05, 3.63) is 52.0 Å². The number of nitrogens with one attached hydrogen (secondary N) is 1. The Balaban J connectivity index is 2.19. The summed E-state index contributed by atoms with van der Waals surface area (Å²) in [5, 5.41) is 2.92. The van der Waals surface area contributed by atoms with E-state index in [1.807, 2.05) is 19.1 Å². The maximum Gasteiger partial charge on any atom is 0.255 e. The Bertz CT molecular complexity index is 728. The molecule has 25 heavy (non-hydrogen) atoms. The first-order valence-electron chi connectivity index (χ1n) is 8.41. The van der Waals surface area contributed by atoms with Gasteiger partial charge in [-0.15, -0.1) is 0 Å². The van der Waals surface area contributed by atoms with Gasteiger partial charge in [-0.2, -0.15) is 0 Å². The van der Waals surface area contributed by atoms with Crippen LogP contribution in [0.1, 0.15) is 49.0 Å². The number of methoxy groups -OCH3 is 1. The highest BCUT2D eigenvalue weighted by Gasteiger charge is 2.15. The van der Waals surface area contributed by atoms with Crippen molar-refractivity contribution in [3.8, 4) is 11.5 Å². The van der Waals surface area contributed by atoms with Crippen LogP contribution in [-0.4, -0.2) is 19.6 Å². The molecule has 0 aliphatic heterocycles. The Kier molecular flexibility index (Phi) is 6.88. The lowest BCUT2D eigenvalue weighted by atomic mass is 9.98. The first-order chi connectivity index (χ1) is 12.0. The molecule has 0 aromatic heterocycles. The number of halogens is 1. The third-order valence-corrected chi connectivity index (χ3v) is 4.72. The molecule has 0 radical (unpaired) electrons. The summed E-state index contributed by atoms with van der Waals surface area (Å²) >= 11 is 3.44. The van der Waals surface area contributed by atoms with Crippen LogP contribution in [0.15, 0.2) is 40.9 Å². The third-order valence-electron chi connectivity index (χ3n) is 4.13. The van der Waals surface area contributed by atoms with Gasteiger partial charge in [-0.25, -0.2) is 0 Å². The van der Waals surface area contributed by atoms with Gasteiger partial charge in [-0.1, -0.05) is 26.0 Å². The standard InChI is InChI=1S/C20H24BrNO3/c1-5-13(3)14-7-9-16(10-8-14)22-20(23)15-11-17(21)19(25-6-2)18(12-15)24-4/h7-13H,5-6H2,1-4H3,(H,22,23)/t13-/m1/s1. The van der Waals surface area contributed by atoms with Crippen LogP contribution in [0.25, 0.3) is 0 Å². The predicted octanol–water partition coefficient (Wildman–Crippen LogP) is 5.62. The van der Waals surface area contributed by atoms with Crippen molar-refractivity contribution in [2.45, 2.75) is 33.1 Å². The van der Waals surface area contributed by atoms with Crippen molar-refractivity contribution in [1.29, 1.82) is 0 Å². The number of hydrogen-bond acceptors (Lipinski definition) is 3. The number of ether oxygens (including phenoxy) is 2. The fraction of sp³-hybridized carbons (Fsp3) is 0.350. The molecule has 1 atom stereocenters. The monoisotopic (exact) mass is 405 g/mol. The zero-order valence-electron chi connectivity index (χ0n) is 15.1. The molecule has 2 rings (SSSR count). The van der Waals surface area contributed by atoms with Gasteiger partial charge in [0.1, 0.15) is 0 Å². The fourth-order valence-electron chi connectivity index (χ4n) is 2.47. The van der Waals surface area contributed by atoms with Gasteiger partial charge in [0, 0.05) is 11.3 Å². The lowest BCUT2D eigenvalue weighted by molar-refractivity contribution is 0.102. The SMILES string of the molecule is CCOc1c(Br)cc(C(=O)Nc2ccc([C@H](C)CC)cc2)cc1OC. The molecule has 1 N–H and O–H groups in total. The molecule has 1 amide bonds. The molecule has 0 heterocycles. The Morgan fingerprint density at radius 3 is 2.44 bits per heavy atom. The topological polar surface area (TPSA) is 47.6 Å². The largest absolute Gasteiger partial charge is 0.493 e. The summed E-state index contributed by atoms with van der Waals surface area (Å²) in [6.07, 6.45) is 1.09. The lowest BCUT2D eigenvalue weighted by Crippen LogP contribution is -2.12. The van der Waals surface area contributed by atoms with Crippen LogP contribution in [0.2, 0.25) is 0 Å². The smallest absolute Gasteiger partial charge is 0.255 e. The molecule has 134 valence electrons. The van der Waals surface area contributed by atoms with E-state index in [2.05, 4.69) is 47.2 Å². The Morgan fingerprint density at radius 1 is 1.20 bits per heavy atom. The van der Waals surface area contributed by atoms with Gasteiger partial charge in [-0.05, 0) is 65.0 Å². The van der Waals surface area contributed by atoms with E-state index in [1.165, 1.54) is 5.56 Å². The van der Waals surface area contributed by atoms with Crippen molar-refractivity contribution in [2.24, 2.45) is 0 Å². The molecule has 0 saturated heterocycles. The Morgan fingerprint density at radius 2 is 1.88 bits per heavy atom. The van der Waals surface area contributed by atoms with E-state index in [9.17, 15) is 4.79 Å². The number of rotatable bonds is 7. The minimum absolute atomic E-state index is 0.196. The van der Waals surface area contributed by atoms with Crippen LogP contribution >= 0.6 is 15.9 Å². The summed E-state index contributed by atoms with van der Waals surface area (Å²) in [5.41, 5.74) is 2.53. The molecular weight excluding hydrogens is 382 g/mol. The quantitative estimate of drug-likeness (QED) is 0.649. The van der Waals surface area contributed by atoms with Gasteiger partial charge in [-0.3, -0.25) is 4.79 Å². The summed E-state index contributed by atoms with van der Waals surface area (Å²) in [6, 6.07) is 11.4. The van der Waals surface area contributed by atoms with E-state index in [-0.39, 0.29) is 5.91 Å². The number of carbonyl (C=O) groups excluding carboxylic acids is 1. The highest BCUT2D eigenvalue weighted by Crippen LogP contribution is 2.36. The molecular formula is C20H24BrNO3. The van der Waals surface area contributed by atoms with Crippen LogP contribution in [0.5, 0.6) is 11.5 Å². The first kappa shape index (κ1) is 19.3. The van der Waals surface area contributed by atoms with E-state index in [1.54, 1.807) is 19.2 Å². The van der Waals surface area contributed by atoms with E-state index in [0.29, 0.717) is 34.1 Å². The van der Waals surface area contributed by atoms with Crippen molar-refractivity contribution in [1.82, 2.24) is 0 Å². The van der Waals surface area contributed by atoms with E-state index in [4.69, 9.17) is 9.47 Å². The second-order valence-corrected chi connectivity index (χ2v) is 6.66. The van der Waals surface area contributed by atoms with E-state index in [0.717, 1.165) is 12.1 Å². The van der Waals surface area contributed by atoms with Gasteiger partial charge >= 0.3 is 0 Å². The van der Waals surface area contributed by atoms with E-state index >= 15 is 0 Å². The molecule has 0 fully saturated rings. The summed E-state index contributed by atoms with van der Waals surface area (Å²) in [7, 11) is 1.56. The molecule has 0 aliphatic carbocycles. The zero-order chi connectivity index (χ0) is 18.4. The number of amides is 1. The highest BCUT2D eigenvalue weighted by atomic mass is 79.9. The van der Waals surface area contributed by atoms with E-state index < -0.39 is 0 Å².